The molecule has 0 unspecified atom stereocenters. The van der Waals surface area contributed by atoms with Gasteiger partial charge in [-0.2, -0.15) is 5.10 Å². The van der Waals surface area contributed by atoms with E-state index in [1.807, 2.05) is 28.9 Å². The average molecular weight is 271 g/mol. The standard InChI is InChI=1S/C15H17N3S/c1-3-11(4-2)14-17-18-10-13(16-15(18)19-14)12-8-6-5-7-9-12/h5-11H,3-4H2,1-2H3. The first-order chi connectivity index (χ1) is 9.31. The van der Waals surface area contributed by atoms with E-state index in [0.29, 0.717) is 5.92 Å². The van der Waals surface area contributed by atoms with E-state index >= 15 is 0 Å². The number of hydrogen-bond donors (Lipinski definition) is 0. The van der Waals surface area contributed by atoms with Crippen LogP contribution in [0.2, 0.25) is 0 Å². The molecule has 0 spiro atoms. The van der Waals surface area contributed by atoms with Crippen molar-refractivity contribution in [1.29, 1.82) is 0 Å². The van der Waals surface area contributed by atoms with Crippen LogP contribution in [0, 0.1) is 0 Å². The second-order valence-corrected chi connectivity index (χ2v) is 5.66. The molecule has 2 heterocycles. The van der Waals surface area contributed by atoms with Crippen LogP contribution < -0.4 is 0 Å². The molecule has 2 aromatic heterocycles. The molecule has 0 aliphatic carbocycles. The third-order valence-corrected chi connectivity index (χ3v) is 4.55. The lowest BCUT2D eigenvalue weighted by atomic mass is 10.1. The van der Waals surface area contributed by atoms with Crippen molar-refractivity contribution in [3.63, 3.8) is 0 Å². The minimum atomic E-state index is 0.562. The molecule has 19 heavy (non-hydrogen) atoms. The summed E-state index contributed by atoms with van der Waals surface area (Å²) in [5.74, 6) is 0.562. The van der Waals surface area contributed by atoms with Crippen LogP contribution in [0.5, 0.6) is 0 Å². The zero-order valence-electron chi connectivity index (χ0n) is 11.2. The predicted molar refractivity (Wildman–Crippen MR) is 79.6 cm³/mol. The first kappa shape index (κ1) is 12.4. The summed E-state index contributed by atoms with van der Waals surface area (Å²) in [6.45, 7) is 4.43. The molecule has 0 bridgehead atoms. The van der Waals surface area contributed by atoms with Crippen molar-refractivity contribution in [3.05, 3.63) is 41.5 Å². The van der Waals surface area contributed by atoms with Crippen molar-refractivity contribution in [3.8, 4) is 11.3 Å². The highest BCUT2D eigenvalue weighted by Crippen LogP contribution is 2.29. The number of rotatable bonds is 4. The first-order valence-corrected chi connectivity index (χ1v) is 7.55. The number of aromatic nitrogens is 3. The summed E-state index contributed by atoms with van der Waals surface area (Å²) in [4.78, 5) is 5.66. The normalized spacial score (nSPS) is 11.5. The molecule has 0 amide bonds. The van der Waals surface area contributed by atoms with E-state index in [-0.39, 0.29) is 0 Å². The van der Waals surface area contributed by atoms with Crippen LogP contribution >= 0.6 is 11.3 Å². The Morgan fingerprint density at radius 2 is 1.89 bits per heavy atom. The Hall–Kier alpha value is -1.68. The van der Waals surface area contributed by atoms with Gasteiger partial charge >= 0.3 is 0 Å². The van der Waals surface area contributed by atoms with E-state index in [1.165, 1.54) is 5.01 Å². The van der Waals surface area contributed by atoms with Crippen LogP contribution in [0.15, 0.2) is 36.5 Å². The quantitative estimate of drug-likeness (QED) is 0.705. The van der Waals surface area contributed by atoms with E-state index in [4.69, 9.17) is 0 Å². The molecule has 0 aliphatic rings. The summed E-state index contributed by atoms with van der Waals surface area (Å²) in [5, 5.41) is 5.87. The van der Waals surface area contributed by atoms with Gasteiger partial charge in [0, 0.05) is 11.5 Å². The van der Waals surface area contributed by atoms with Crippen LogP contribution in [-0.4, -0.2) is 14.6 Å². The van der Waals surface area contributed by atoms with Crippen LogP contribution in [-0.2, 0) is 0 Å². The third kappa shape index (κ3) is 2.28. The Labute approximate surface area is 116 Å². The summed E-state index contributed by atoms with van der Waals surface area (Å²) in [5.41, 5.74) is 2.14. The molecule has 4 heteroatoms. The van der Waals surface area contributed by atoms with Crippen LogP contribution in [0.4, 0.5) is 0 Å². The molecule has 0 saturated heterocycles. The Kier molecular flexibility index (Phi) is 3.34. The Morgan fingerprint density at radius 3 is 2.53 bits per heavy atom. The maximum Gasteiger partial charge on any atom is 0.212 e. The van der Waals surface area contributed by atoms with Gasteiger partial charge < -0.3 is 0 Å². The summed E-state index contributed by atoms with van der Waals surface area (Å²) < 4.78 is 1.92. The summed E-state index contributed by atoms with van der Waals surface area (Å²) >= 11 is 1.71. The molecule has 98 valence electrons. The van der Waals surface area contributed by atoms with Gasteiger partial charge in [0.1, 0.15) is 5.01 Å². The fourth-order valence-electron chi connectivity index (χ4n) is 2.27. The molecule has 0 saturated carbocycles. The predicted octanol–water partition coefficient (Wildman–Crippen LogP) is 4.36. The van der Waals surface area contributed by atoms with Gasteiger partial charge in [0.05, 0.1) is 11.9 Å². The lowest BCUT2D eigenvalue weighted by molar-refractivity contribution is 0.626. The largest absolute Gasteiger partial charge is 0.217 e. The van der Waals surface area contributed by atoms with Gasteiger partial charge in [-0.15, -0.1) is 0 Å². The topological polar surface area (TPSA) is 30.2 Å². The maximum atomic E-state index is 4.67. The lowest BCUT2D eigenvalue weighted by Crippen LogP contribution is -1.95. The molecule has 3 nitrogen and oxygen atoms in total. The molecule has 0 fully saturated rings. The van der Waals surface area contributed by atoms with E-state index in [9.17, 15) is 0 Å². The molecule has 3 rings (SSSR count). The zero-order valence-corrected chi connectivity index (χ0v) is 12.0. The molecular weight excluding hydrogens is 254 g/mol. The van der Waals surface area contributed by atoms with Crippen molar-refractivity contribution < 1.29 is 0 Å². The van der Waals surface area contributed by atoms with Crippen molar-refractivity contribution in [2.75, 3.05) is 0 Å². The Morgan fingerprint density at radius 1 is 1.16 bits per heavy atom. The van der Waals surface area contributed by atoms with Gasteiger partial charge in [-0.1, -0.05) is 55.5 Å². The van der Waals surface area contributed by atoms with Gasteiger partial charge in [-0.05, 0) is 12.8 Å². The van der Waals surface area contributed by atoms with E-state index < -0.39 is 0 Å². The molecule has 3 aromatic rings. The molecule has 0 radical (unpaired) electrons. The number of fused-ring (bicyclic) bond motifs is 1. The summed E-state index contributed by atoms with van der Waals surface area (Å²) in [6.07, 6.45) is 4.30. The Bertz CT molecular complexity index is 634. The number of imidazole rings is 1. The summed E-state index contributed by atoms with van der Waals surface area (Å²) in [7, 11) is 0. The minimum Gasteiger partial charge on any atom is -0.217 e. The highest BCUT2D eigenvalue weighted by atomic mass is 32.1. The lowest BCUT2D eigenvalue weighted by Gasteiger charge is -2.05. The fraction of sp³-hybridized carbons (Fsp3) is 0.333. The van der Waals surface area contributed by atoms with Crippen molar-refractivity contribution in [2.24, 2.45) is 0 Å². The number of benzene rings is 1. The first-order valence-electron chi connectivity index (χ1n) is 6.73. The van der Waals surface area contributed by atoms with E-state index in [0.717, 1.165) is 29.1 Å². The van der Waals surface area contributed by atoms with E-state index in [1.54, 1.807) is 11.3 Å². The van der Waals surface area contributed by atoms with Gasteiger partial charge in [-0.25, -0.2) is 9.50 Å². The highest BCUT2D eigenvalue weighted by molar-refractivity contribution is 7.16. The van der Waals surface area contributed by atoms with Crippen LogP contribution in [0.25, 0.3) is 16.2 Å². The van der Waals surface area contributed by atoms with Gasteiger partial charge in [0.2, 0.25) is 4.96 Å². The molecule has 0 aliphatic heterocycles. The smallest absolute Gasteiger partial charge is 0.212 e. The summed E-state index contributed by atoms with van der Waals surface area (Å²) in [6, 6.07) is 10.2. The average Bonchev–Trinajstić information content (AvgIpc) is 3.00. The minimum absolute atomic E-state index is 0.562. The van der Waals surface area contributed by atoms with Gasteiger partial charge in [0.25, 0.3) is 0 Å². The molecule has 0 atom stereocenters. The molecular formula is C15H17N3S. The highest BCUT2D eigenvalue weighted by Gasteiger charge is 2.15. The fourth-order valence-corrected chi connectivity index (χ4v) is 3.41. The van der Waals surface area contributed by atoms with Crippen LogP contribution in [0.1, 0.15) is 37.6 Å². The third-order valence-electron chi connectivity index (χ3n) is 3.46. The Balaban J connectivity index is 1.98. The molecule has 0 N–H and O–H groups in total. The number of hydrogen-bond acceptors (Lipinski definition) is 3. The van der Waals surface area contributed by atoms with Crippen molar-refractivity contribution >= 4 is 16.3 Å². The zero-order chi connectivity index (χ0) is 13.2. The maximum absolute atomic E-state index is 4.67. The SMILES string of the molecule is CCC(CC)c1nn2cc(-c3ccccc3)nc2s1. The molecule has 1 aromatic carbocycles. The van der Waals surface area contributed by atoms with Crippen LogP contribution in [0.3, 0.4) is 0 Å². The van der Waals surface area contributed by atoms with Crippen molar-refractivity contribution in [1.82, 2.24) is 14.6 Å². The second kappa shape index (κ2) is 5.13. The van der Waals surface area contributed by atoms with Gasteiger partial charge in [-0.3, -0.25) is 0 Å². The second-order valence-electron chi connectivity index (χ2n) is 4.67. The number of nitrogens with zero attached hydrogens (tertiary/aromatic N) is 3. The van der Waals surface area contributed by atoms with E-state index in [2.05, 4.69) is 36.1 Å². The monoisotopic (exact) mass is 271 g/mol. The van der Waals surface area contributed by atoms with Crippen molar-refractivity contribution in [2.45, 2.75) is 32.6 Å². The van der Waals surface area contributed by atoms with Gasteiger partial charge in [0.15, 0.2) is 0 Å².